The third-order valence-corrected chi connectivity index (χ3v) is 4.01. The maximum Gasteiger partial charge on any atom is 0.217 e. The normalized spacial score (nSPS) is 18.6. The molecule has 3 heterocycles. The molecule has 8 heteroatoms. The lowest BCUT2D eigenvalue weighted by atomic mass is 10.4. The van der Waals surface area contributed by atoms with Gasteiger partial charge in [0.25, 0.3) is 0 Å². The molecule has 0 saturated carbocycles. The number of hydrogen-bond donors (Lipinski definition) is 0. The predicted octanol–water partition coefficient (Wildman–Crippen LogP) is 1.01. The molecule has 1 aromatic rings. The maximum atomic E-state index is 10.3. The average molecular weight is 362 g/mol. The largest absolute Gasteiger partial charge is 0.379 e. The van der Waals surface area contributed by atoms with Crippen molar-refractivity contribution in [2.75, 3.05) is 73.6 Å². The van der Waals surface area contributed by atoms with Gasteiger partial charge in [0.1, 0.15) is 0 Å². The Hall–Kier alpha value is -1.22. The van der Waals surface area contributed by atoms with Crippen molar-refractivity contribution in [2.24, 2.45) is 0 Å². The Bertz CT molecular complexity index is 398. The standard InChI is InChI=1S/C6H14N2.C5H11NO.C4H6N2O2.2CH4/c1-7-3-5-8(2)6-4-7;1-6-2-4-7-5-3-6;1-3-4(2)6(7)8-5-3;;/h3-6H2,1-2H3;2-5H2,1H3;1-2H3;2*1H4. The van der Waals surface area contributed by atoms with E-state index in [0.29, 0.717) is 16.3 Å². The second-order valence-corrected chi connectivity index (χ2v) is 6.12. The van der Waals surface area contributed by atoms with E-state index >= 15 is 0 Å². The molecule has 0 bridgehead atoms. The average Bonchev–Trinajstić information content (AvgIpc) is 2.83. The third kappa shape index (κ3) is 11.1. The molecule has 2 saturated heterocycles. The molecule has 0 spiro atoms. The highest BCUT2D eigenvalue weighted by Crippen LogP contribution is 1.93. The monoisotopic (exact) mass is 361 g/mol. The molecular formula is C17H39N5O3. The summed E-state index contributed by atoms with van der Waals surface area (Å²) in [6.07, 6.45) is 0. The van der Waals surface area contributed by atoms with Crippen molar-refractivity contribution in [3.8, 4) is 0 Å². The van der Waals surface area contributed by atoms with Crippen LogP contribution in [-0.4, -0.2) is 93.5 Å². The molecule has 0 radical (unpaired) electrons. The Balaban J connectivity index is 0. The number of morpholine rings is 1. The molecule has 2 fully saturated rings. The first-order valence-corrected chi connectivity index (χ1v) is 8.06. The van der Waals surface area contributed by atoms with Crippen molar-refractivity contribution >= 4 is 0 Å². The number of hydrogen-bond acceptors (Lipinski definition) is 7. The summed E-state index contributed by atoms with van der Waals surface area (Å²) >= 11 is 0. The number of likely N-dealkylation sites (N-methyl/N-ethyl adjacent to an activating group) is 3. The zero-order chi connectivity index (χ0) is 17.2. The van der Waals surface area contributed by atoms with E-state index in [1.54, 1.807) is 13.8 Å². The van der Waals surface area contributed by atoms with Crippen LogP contribution in [0.4, 0.5) is 0 Å². The minimum atomic E-state index is 0. The van der Waals surface area contributed by atoms with Crippen LogP contribution in [0.2, 0.25) is 0 Å². The van der Waals surface area contributed by atoms with Crippen LogP contribution in [0.15, 0.2) is 4.63 Å². The van der Waals surface area contributed by atoms with Crippen molar-refractivity contribution in [3.63, 3.8) is 0 Å². The SMILES string of the molecule is C.C.CN1CCN(C)CC1.CN1CCOCC1.Cc1no[n+]([O-])c1C. The van der Waals surface area contributed by atoms with Gasteiger partial charge in [-0.1, -0.05) is 14.9 Å². The second kappa shape index (κ2) is 14.0. The number of aromatic nitrogens is 2. The van der Waals surface area contributed by atoms with Gasteiger partial charge in [-0.15, -0.1) is 0 Å². The summed E-state index contributed by atoms with van der Waals surface area (Å²) in [6.45, 7) is 12.3. The van der Waals surface area contributed by atoms with E-state index < -0.39 is 0 Å². The Kier molecular flexibility index (Phi) is 14.6. The Morgan fingerprint density at radius 3 is 1.44 bits per heavy atom. The molecule has 25 heavy (non-hydrogen) atoms. The van der Waals surface area contributed by atoms with Gasteiger partial charge in [-0.2, -0.15) is 0 Å². The van der Waals surface area contributed by atoms with Gasteiger partial charge in [0.15, 0.2) is 5.69 Å². The summed E-state index contributed by atoms with van der Waals surface area (Å²) in [7, 11) is 6.46. The van der Waals surface area contributed by atoms with Gasteiger partial charge in [-0.05, 0) is 26.0 Å². The first-order chi connectivity index (χ1) is 10.9. The van der Waals surface area contributed by atoms with Gasteiger partial charge in [0.05, 0.1) is 13.2 Å². The summed E-state index contributed by atoms with van der Waals surface area (Å²) < 4.78 is 9.30. The van der Waals surface area contributed by atoms with Crippen LogP contribution in [0.5, 0.6) is 0 Å². The Labute approximate surface area is 153 Å². The third-order valence-electron chi connectivity index (χ3n) is 4.01. The van der Waals surface area contributed by atoms with Crippen LogP contribution in [-0.2, 0) is 4.74 Å². The molecule has 150 valence electrons. The van der Waals surface area contributed by atoms with Crippen LogP contribution in [0.1, 0.15) is 26.2 Å². The fraction of sp³-hybridized carbons (Fsp3) is 0.882. The molecule has 0 N–H and O–H groups in total. The number of rotatable bonds is 0. The number of nitrogens with zero attached hydrogens (tertiary/aromatic N) is 5. The summed E-state index contributed by atoms with van der Waals surface area (Å²) in [6, 6.07) is 0. The van der Waals surface area contributed by atoms with E-state index in [1.165, 1.54) is 26.2 Å². The van der Waals surface area contributed by atoms with Crippen LogP contribution in [0, 0.1) is 19.1 Å². The quantitative estimate of drug-likeness (QED) is 0.639. The summed E-state index contributed by atoms with van der Waals surface area (Å²) in [5.41, 5.74) is 1.16. The van der Waals surface area contributed by atoms with E-state index in [4.69, 9.17) is 4.74 Å². The fourth-order valence-corrected chi connectivity index (χ4v) is 1.92. The van der Waals surface area contributed by atoms with Crippen LogP contribution < -0.4 is 4.90 Å². The van der Waals surface area contributed by atoms with Crippen molar-refractivity contribution in [2.45, 2.75) is 28.7 Å². The van der Waals surface area contributed by atoms with Gasteiger partial charge < -0.3 is 24.6 Å². The highest BCUT2D eigenvalue weighted by Gasteiger charge is 2.08. The first kappa shape index (κ1) is 26.0. The van der Waals surface area contributed by atoms with Gasteiger partial charge in [0, 0.05) is 58.3 Å². The molecule has 0 atom stereocenters. The predicted molar refractivity (Wildman–Crippen MR) is 102 cm³/mol. The molecule has 2 aliphatic heterocycles. The molecule has 2 aliphatic rings. The molecular weight excluding hydrogens is 322 g/mol. The zero-order valence-corrected chi connectivity index (χ0v) is 15.1. The molecule has 1 aromatic heterocycles. The van der Waals surface area contributed by atoms with Crippen molar-refractivity contribution in [1.82, 2.24) is 19.9 Å². The minimum absolute atomic E-state index is 0. The fourth-order valence-electron chi connectivity index (χ4n) is 1.92. The molecule has 0 aromatic carbocycles. The van der Waals surface area contributed by atoms with Gasteiger partial charge in [-0.3, -0.25) is 4.63 Å². The van der Waals surface area contributed by atoms with E-state index in [9.17, 15) is 5.21 Å². The maximum absolute atomic E-state index is 10.3. The molecule has 0 amide bonds. The zero-order valence-electron chi connectivity index (χ0n) is 15.1. The molecule has 0 unspecified atom stereocenters. The molecule has 0 aliphatic carbocycles. The van der Waals surface area contributed by atoms with E-state index in [0.717, 1.165) is 26.3 Å². The summed E-state index contributed by atoms with van der Waals surface area (Å²) in [5, 5.41) is 13.7. The molecule has 3 rings (SSSR count). The topological polar surface area (TPSA) is 71.9 Å². The van der Waals surface area contributed by atoms with E-state index in [1.807, 2.05) is 0 Å². The lowest BCUT2D eigenvalue weighted by molar-refractivity contribution is -0.806. The van der Waals surface area contributed by atoms with Gasteiger partial charge in [-0.25, -0.2) is 0 Å². The first-order valence-electron chi connectivity index (χ1n) is 8.06. The minimum Gasteiger partial charge on any atom is -0.379 e. The smallest absolute Gasteiger partial charge is 0.217 e. The lowest BCUT2D eigenvalue weighted by Crippen LogP contribution is -2.42. The van der Waals surface area contributed by atoms with Crippen molar-refractivity contribution < 1.29 is 14.3 Å². The second-order valence-electron chi connectivity index (χ2n) is 6.12. The number of piperazine rings is 1. The summed E-state index contributed by atoms with van der Waals surface area (Å²) in [4.78, 5) is 7.37. The van der Waals surface area contributed by atoms with E-state index in [-0.39, 0.29) is 14.9 Å². The Morgan fingerprint density at radius 1 is 0.840 bits per heavy atom. The van der Waals surface area contributed by atoms with Crippen molar-refractivity contribution in [3.05, 3.63) is 16.6 Å². The Morgan fingerprint density at radius 2 is 1.24 bits per heavy atom. The number of ether oxygens (including phenoxy) is 1. The highest BCUT2D eigenvalue weighted by molar-refractivity contribution is 4.95. The lowest BCUT2D eigenvalue weighted by Gasteiger charge is -2.28. The van der Waals surface area contributed by atoms with Gasteiger partial charge in [0.2, 0.25) is 5.69 Å². The van der Waals surface area contributed by atoms with Crippen LogP contribution in [0.25, 0.3) is 0 Å². The highest BCUT2D eigenvalue weighted by atomic mass is 16.8. The van der Waals surface area contributed by atoms with Crippen LogP contribution >= 0.6 is 0 Å². The number of aryl methyl sites for hydroxylation is 1. The van der Waals surface area contributed by atoms with Crippen LogP contribution in [0.3, 0.4) is 0 Å². The van der Waals surface area contributed by atoms with E-state index in [2.05, 4.69) is 45.6 Å². The van der Waals surface area contributed by atoms with Gasteiger partial charge >= 0.3 is 0 Å². The van der Waals surface area contributed by atoms with Crippen molar-refractivity contribution in [1.29, 1.82) is 0 Å². The summed E-state index contributed by atoms with van der Waals surface area (Å²) in [5.74, 6) is 0. The molecule has 8 nitrogen and oxygen atoms in total.